The molecule has 34 heavy (non-hydrogen) atoms. The summed E-state index contributed by atoms with van der Waals surface area (Å²) in [5.74, 6) is 0.872. The summed E-state index contributed by atoms with van der Waals surface area (Å²) in [5, 5.41) is 5.88. The van der Waals surface area contributed by atoms with E-state index >= 15 is 0 Å². The van der Waals surface area contributed by atoms with Crippen LogP contribution in [-0.2, 0) is 17.8 Å². The highest BCUT2D eigenvalue weighted by Crippen LogP contribution is 2.25. The first kappa shape index (κ1) is 23.0. The van der Waals surface area contributed by atoms with Crippen molar-refractivity contribution < 1.29 is 14.3 Å². The number of carbonyl (C=O) groups excluding carboxylic acids is 2. The van der Waals surface area contributed by atoms with Crippen LogP contribution in [0.5, 0.6) is 5.75 Å². The van der Waals surface area contributed by atoms with Crippen LogP contribution in [0.25, 0.3) is 0 Å². The van der Waals surface area contributed by atoms with Crippen molar-refractivity contribution in [3.63, 3.8) is 0 Å². The number of hydrogen-bond donors (Lipinski definition) is 3. The number of nitrogens with zero attached hydrogens (tertiary/aromatic N) is 4. The highest BCUT2D eigenvalue weighted by molar-refractivity contribution is 6.06. The summed E-state index contributed by atoms with van der Waals surface area (Å²) in [6.07, 6.45) is 1.06. The molecule has 1 aliphatic rings. The number of urea groups is 1. The van der Waals surface area contributed by atoms with E-state index in [2.05, 4.69) is 25.6 Å². The molecule has 4 rings (SSSR count). The van der Waals surface area contributed by atoms with Gasteiger partial charge in [-0.05, 0) is 56.5 Å². The zero-order chi connectivity index (χ0) is 24.3. The summed E-state index contributed by atoms with van der Waals surface area (Å²) >= 11 is 0. The molecule has 0 saturated carbocycles. The van der Waals surface area contributed by atoms with E-state index in [1.54, 1.807) is 14.0 Å². The van der Waals surface area contributed by atoms with Gasteiger partial charge in [0.2, 0.25) is 11.9 Å². The third-order valence-corrected chi connectivity index (χ3v) is 5.72. The number of nitrogens with two attached hydrogens (primary N) is 1. The number of nitrogens with one attached hydrogen (secondary N) is 2. The van der Waals surface area contributed by atoms with Crippen molar-refractivity contribution >= 4 is 29.5 Å². The van der Waals surface area contributed by atoms with Gasteiger partial charge in [0.05, 0.1) is 13.7 Å². The van der Waals surface area contributed by atoms with E-state index < -0.39 is 11.6 Å². The van der Waals surface area contributed by atoms with Crippen molar-refractivity contribution in [2.75, 3.05) is 18.2 Å². The molecule has 0 unspecified atom stereocenters. The smallest absolute Gasteiger partial charge is 0.325 e. The summed E-state index contributed by atoms with van der Waals surface area (Å²) in [6, 6.07) is 14.8. The highest BCUT2D eigenvalue weighted by atomic mass is 16.5. The van der Waals surface area contributed by atoms with Crippen LogP contribution in [0.15, 0.2) is 48.5 Å². The summed E-state index contributed by atoms with van der Waals surface area (Å²) < 4.78 is 5.18. The highest BCUT2D eigenvalue weighted by Gasteiger charge is 2.47. The van der Waals surface area contributed by atoms with Gasteiger partial charge in [-0.25, -0.2) is 4.79 Å². The molecule has 0 aliphatic carbocycles. The van der Waals surface area contributed by atoms with Gasteiger partial charge in [0.1, 0.15) is 11.3 Å². The van der Waals surface area contributed by atoms with Crippen molar-refractivity contribution in [2.45, 2.75) is 38.8 Å². The zero-order valence-corrected chi connectivity index (χ0v) is 19.3. The number of methoxy groups -OCH3 is 1. The molecule has 2 heterocycles. The summed E-state index contributed by atoms with van der Waals surface area (Å²) in [5.41, 5.74) is 7.76. The minimum atomic E-state index is -1.03. The van der Waals surface area contributed by atoms with Gasteiger partial charge >= 0.3 is 6.03 Å². The molecule has 10 nitrogen and oxygen atoms in total. The lowest BCUT2D eigenvalue weighted by atomic mass is 9.93. The van der Waals surface area contributed by atoms with Gasteiger partial charge in [-0.15, -0.1) is 0 Å². The van der Waals surface area contributed by atoms with Crippen molar-refractivity contribution in [3.05, 3.63) is 65.5 Å². The van der Waals surface area contributed by atoms with Gasteiger partial charge < -0.3 is 21.1 Å². The van der Waals surface area contributed by atoms with Crippen LogP contribution in [0.3, 0.4) is 0 Å². The molecular weight excluding hydrogens is 434 g/mol. The van der Waals surface area contributed by atoms with E-state index in [0.717, 1.165) is 27.5 Å². The average Bonchev–Trinajstić information content (AvgIpc) is 3.02. The second-order valence-electron chi connectivity index (χ2n) is 8.43. The first-order valence-electron chi connectivity index (χ1n) is 10.9. The van der Waals surface area contributed by atoms with Crippen molar-refractivity contribution in [1.29, 1.82) is 0 Å². The fourth-order valence-electron chi connectivity index (χ4n) is 3.72. The minimum Gasteiger partial charge on any atom is -0.497 e. The standard InChI is InChI=1S/C24H27N7O3/c1-15-4-8-17(9-5-15)26-22-28-19(27-21(25)29-22)14-31-20(32)24(2,30-23(31)33)13-12-16-6-10-18(34-3)11-7-16/h4-11H,12-14H2,1-3H3,(H,30,33)(H3,25,26,27,28,29)/t24-/m1/s1. The van der Waals surface area contributed by atoms with Crippen molar-refractivity contribution in [1.82, 2.24) is 25.2 Å². The van der Waals surface area contributed by atoms with Gasteiger partial charge in [0.15, 0.2) is 5.82 Å². The molecule has 1 saturated heterocycles. The first-order valence-corrected chi connectivity index (χ1v) is 10.9. The topological polar surface area (TPSA) is 135 Å². The first-order chi connectivity index (χ1) is 16.3. The number of nitrogen functional groups attached to an aromatic ring is 1. The van der Waals surface area contributed by atoms with Crippen molar-refractivity contribution in [3.8, 4) is 5.75 Å². The Hall–Kier alpha value is -4.21. The fraction of sp³-hybridized carbons (Fsp3) is 0.292. The molecule has 1 atom stereocenters. The van der Waals surface area contributed by atoms with Gasteiger partial charge in [-0.2, -0.15) is 15.0 Å². The molecule has 1 aromatic heterocycles. The molecule has 2 aromatic carbocycles. The van der Waals surface area contributed by atoms with E-state index in [1.165, 1.54) is 0 Å². The second-order valence-corrected chi connectivity index (χ2v) is 8.43. The minimum absolute atomic E-state index is 0.00562. The number of benzene rings is 2. The molecule has 0 radical (unpaired) electrons. The number of anilines is 3. The second kappa shape index (κ2) is 9.34. The van der Waals surface area contributed by atoms with Gasteiger partial charge in [-0.3, -0.25) is 9.69 Å². The molecule has 1 fully saturated rings. The number of rotatable bonds is 8. The Morgan fingerprint density at radius 1 is 1.06 bits per heavy atom. The van der Waals surface area contributed by atoms with E-state index in [4.69, 9.17) is 10.5 Å². The van der Waals surface area contributed by atoms with Crippen LogP contribution >= 0.6 is 0 Å². The molecule has 4 N–H and O–H groups in total. The maximum atomic E-state index is 13.2. The molecule has 3 aromatic rings. The predicted molar refractivity (Wildman–Crippen MR) is 128 cm³/mol. The van der Waals surface area contributed by atoms with Gasteiger partial charge in [0.25, 0.3) is 5.91 Å². The van der Waals surface area contributed by atoms with Crippen molar-refractivity contribution in [2.24, 2.45) is 0 Å². The number of aromatic nitrogens is 3. The van der Waals surface area contributed by atoms with Crippen LogP contribution < -0.4 is 21.1 Å². The molecule has 1 aliphatic heterocycles. The monoisotopic (exact) mass is 461 g/mol. The number of aryl methyl sites for hydroxylation is 2. The summed E-state index contributed by atoms with van der Waals surface area (Å²) in [4.78, 5) is 39.5. The zero-order valence-electron chi connectivity index (χ0n) is 19.3. The Balaban J connectivity index is 1.45. The van der Waals surface area contributed by atoms with Gasteiger partial charge in [0, 0.05) is 5.69 Å². The van der Waals surface area contributed by atoms with E-state index in [-0.39, 0.29) is 30.2 Å². The molecule has 0 bridgehead atoms. The summed E-state index contributed by atoms with van der Waals surface area (Å²) in [7, 11) is 1.61. The van der Waals surface area contributed by atoms with Crippen LogP contribution in [0, 0.1) is 6.92 Å². The van der Waals surface area contributed by atoms with Crippen LogP contribution in [0.2, 0.25) is 0 Å². The third-order valence-electron chi connectivity index (χ3n) is 5.72. The molecule has 10 heteroatoms. The summed E-state index contributed by atoms with van der Waals surface area (Å²) in [6.45, 7) is 3.60. The van der Waals surface area contributed by atoms with E-state index in [0.29, 0.717) is 12.8 Å². The number of hydrogen-bond acceptors (Lipinski definition) is 8. The predicted octanol–water partition coefficient (Wildman–Crippen LogP) is 2.96. The number of carbonyl (C=O) groups is 2. The lowest BCUT2D eigenvalue weighted by molar-refractivity contribution is -0.131. The molecule has 176 valence electrons. The van der Waals surface area contributed by atoms with Crippen LogP contribution in [-0.4, -0.2) is 44.4 Å². The van der Waals surface area contributed by atoms with Crippen LogP contribution in [0.1, 0.15) is 30.3 Å². The van der Waals surface area contributed by atoms with Crippen LogP contribution in [0.4, 0.5) is 22.4 Å². The Morgan fingerprint density at radius 3 is 2.44 bits per heavy atom. The Morgan fingerprint density at radius 2 is 1.76 bits per heavy atom. The normalized spacial score (nSPS) is 17.6. The lowest BCUT2D eigenvalue weighted by Crippen LogP contribution is -2.44. The maximum Gasteiger partial charge on any atom is 0.325 e. The van der Waals surface area contributed by atoms with Gasteiger partial charge in [-0.1, -0.05) is 29.8 Å². The molecular formula is C24H27N7O3. The average molecular weight is 462 g/mol. The molecule has 0 spiro atoms. The Bertz CT molecular complexity index is 1200. The van der Waals surface area contributed by atoms with E-state index in [1.807, 2.05) is 55.5 Å². The molecule has 3 amide bonds. The Kier molecular flexibility index (Phi) is 6.31. The third kappa shape index (κ3) is 5.06. The maximum absolute atomic E-state index is 13.2. The quantitative estimate of drug-likeness (QED) is 0.436. The number of ether oxygens (including phenoxy) is 1. The fourth-order valence-corrected chi connectivity index (χ4v) is 3.72. The Labute approximate surface area is 197 Å². The largest absolute Gasteiger partial charge is 0.497 e. The lowest BCUT2D eigenvalue weighted by Gasteiger charge is -2.21. The van der Waals surface area contributed by atoms with E-state index in [9.17, 15) is 9.59 Å². The number of amides is 3. The number of imide groups is 1. The SMILES string of the molecule is COc1ccc(CC[C@@]2(C)NC(=O)N(Cc3nc(N)nc(Nc4ccc(C)cc4)n3)C2=O)cc1.